The minimum absolute atomic E-state index is 0.0246. The maximum absolute atomic E-state index is 11.7. The molecule has 1 aliphatic rings. The molecular weight excluding hydrogens is 298 g/mol. The lowest BCUT2D eigenvalue weighted by molar-refractivity contribution is -0.484. The molecular formula is C12H19N3O7. The fourth-order valence-electron chi connectivity index (χ4n) is 1.92. The lowest BCUT2D eigenvalue weighted by Gasteiger charge is -2.28. The van der Waals surface area contributed by atoms with Gasteiger partial charge in [-0.05, 0) is 6.07 Å². The molecule has 2 N–H and O–H groups in total. The summed E-state index contributed by atoms with van der Waals surface area (Å²) in [7, 11) is 4.10. The van der Waals surface area contributed by atoms with E-state index < -0.39 is 24.4 Å². The van der Waals surface area contributed by atoms with Gasteiger partial charge < -0.3 is 29.4 Å². The molecule has 124 valence electrons. The first kappa shape index (κ1) is 16.8. The van der Waals surface area contributed by atoms with Gasteiger partial charge in [0, 0.05) is 27.5 Å². The molecule has 0 bridgehead atoms. The number of nitrogen functional groups attached to an aromatic ring is 1. The first-order valence-corrected chi connectivity index (χ1v) is 6.44. The van der Waals surface area contributed by atoms with Gasteiger partial charge in [0.15, 0.2) is 12.5 Å². The SMILES string of the molecule is COC(OC)(OC)OCC1OCC(n2ccc(N)nc2=O)O1. The van der Waals surface area contributed by atoms with Crippen LogP contribution in [0.5, 0.6) is 0 Å². The molecule has 10 nitrogen and oxygen atoms in total. The molecule has 10 heteroatoms. The summed E-state index contributed by atoms with van der Waals surface area (Å²) in [5.41, 5.74) is 4.92. The molecule has 0 spiro atoms. The summed E-state index contributed by atoms with van der Waals surface area (Å²) in [6.45, 7) is 0.142. The fourth-order valence-corrected chi connectivity index (χ4v) is 1.92. The van der Waals surface area contributed by atoms with Gasteiger partial charge in [0.05, 0.1) is 6.61 Å². The van der Waals surface area contributed by atoms with Gasteiger partial charge in [-0.15, -0.1) is 0 Å². The molecule has 1 aromatic heterocycles. The van der Waals surface area contributed by atoms with E-state index in [1.165, 1.54) is 38.2 Å². The van der Waals surface area contributed by atoms with Crippen molar-refractivity contribution >= 4 is 5.82 Å². The Morgan fingerprint density at radius 2 is 2.09 bits per heavy atom. The molecule has 0 amide bonds. The second kappa shape index (κ2) is 7.13. The van der Waals surface area contributed by atoms with Crippen LogP contribution >= 0.6 is 0 Å². The Morgan fingerprint density at radius 1 is 1.41 bits per heavy atom. The number of anilines is 1. The van der Waals surface area contributed by atoms with Crippen LogP contribution in [-0.2, 0) is 28.4 Å². The van der Waals surface area contributed by atoms with Crippen LogP contribution in [0.1, 0.15) is 6.23 Å². The highest BCUT2D eigenvalue weighted by Crippen LogP contribution is 2.22. The van der Waals surface area contributed by atoms with E-state index in [4.69, 9.17) is 34.2 Å². The highest BCUT2D eigenvalue weighted by molar-refractivity contribution is 5.23. The summed E-state index contributed by atoms with van der Waals surface area (Å²) < 4.78 is 32.6. The number of hydrogen-bond donors (Lipinski definition) is 1. The highest BCUT2D eigenvalue weighted by atomic mass is 17.0. The first-order chi connectivity index (χ1) is 10.5. The van der Waals surface area contributed by atoms with E-state index >= 15 is 0 Å². The highest BCUT2D eigenvalue weighted by Gasteiger charge is 2.35. The van der Waals surface area contributed by atoms with Crippen LogP contribution in [0, 0.1) is 0 Å². The van der Waals surface area contributed by atoms with Gasteiger partial charge in [-0.3, -0.25) is 9.30 Å². The zero-order chi connectivity index (χ0) is 16.2. The Labute approximate surface area is 126 Å². The molecule has 1 aromatic rings. The van der Waals surface area contributed by atoms with E-state index in [0.717, 1.165) is 0 Å². The molecule has 0 radical (unpaired) electrons. The first-order valence-electron chi connectivity index (χ1n) is 6.44. The zero-order valence-electron chi connectivity index (χ0n) is 12.6. The average molecular weight is 317 g/mol. The summed E-state index contributed by atoms with van der Waals surface area (Å²) in [6, 6.07) is 1.50. The predicted molar refractivity (Wildman–Crippen MR) is 72.5 cm³/mol. The van der Waals surface area contributed by atoms with Crippen LogP contribution in [0.3, 0.4) is 0 Å². The molecule has 1 saturated heterocycles. The Morgan fingerprint density at radius 3 is 2.68 bits per heavy atom. The van der Waals surface area contributed by atoms with Gasteiger partial charge in [0.1, 0.15) is 12.4 Å². The zero-order valence-corrected chi connectivity index (χ0v) is 12.6. The van der Waals surface area contributed by atoms with Crippen molar-refractivity contribution in [2.24, 2.45) is 0 Å². The van der Waals surface area contributed by atoms with Gasteiger partial charge in [0.2, 0.25) is 0 Å². The van der Waals surface area contributed by atoms with Crippen molar-refractivity contribution in [1.82, 2.24) is 9.55 Å². The van der Waals surface area contributed by atoms with E-state index in [1.807, 2.05) is 0 Å². The van der Waals surface area contributed by atoms with Crippen molar-refractivity contribution in [2.75, 3.05) is 40.3 Å². The topological polar surface area (TPSA) is 116 Å². The molecule has 2 rings (SSSR count). The van der Waals surface area contributed by atoms with Crippen molar-refractivity contribution in [3.05, 3.63) is 22.7 Å². The van der Waals surface area contributed by atoms with Crippen LogP contribution in [-0.4, -0.2) is 56.5 Å². The molecule has 0 aromatic carbocycles. The van der Waals surface area contributed by atoms with Crippen molar-refractivity contribution < 1.29 is 28.4 Å². The van der Waals surface area contributed by atoms with E-state index in [-0.39, 0.29) is 19.0 Å². The van der Waals surface area contributed by atoms with E-state index in [2.05, 4.69) is 4.98 Å². The van der Waals surface area contributed by atoms with Crippen molar-refractivity contribution in [3.63, 3.8) is 0 Å². The number of aromatic nitrogens is 2. The monoisotopic (exact) mass is 317 g/mol. The van der Waals surface area contributed by atoms with Gasteiger partial charge in [0.25, 0.3) is 0 Å². The van der Waals surface area contributed by atoms with Gasteiger partial charge in [-0.2, -0.15) is 4.98 Å². The van der Waals surface area contributed by atoms with E-state index in [1.54, 1.807) is 0 Å². The molecule has 2 heterocycles. The largest absolute Gasteiger partial charge is 0.412 e. The number of methoxy groups -OCH3 is 3. The minimum Gasteiger partial charge on any atom is -0.383 e. The standard InChI is InChI=1S/C12H19N3O7/c1-17-12(18-2,19-3)21-7-10-20-6-9(22-10)15-5-4-8(13)14-11(15)16/h4-5,9-10H,6-7H2,1-3H3,(H2,13,14,16). The van der Waals surface area contributed by atoms with Gasteiger partial charge in [-0.25, -0.2) is 4.79 Å². The summed E-state index contributed by atoms with van der Waals surface area (Å²) in [5, 5.41) is 0. The minimum atomic E-state index is -1.63. The van der Waals surface area contributed by atoms with Crippen molar-refractivity contribution in [1.29, 1.82) is 0 Å². The van der Waals surface area contributed by atoms with E-state index in [9.17, 15) is 4.79 Å². The maximum atomic E-state index is 11.7. The number of rotatable bonds is 7. The van der Waals surface area contributed by atoms with Crippen LogP contribution in [0.2, 0.25) is 0 Å². The quantitative estimate of drug-likeness (QED) is 0.649. The summed E-state index contributed by atoms with van der Waals surface area (Å²) in [5.74, 6) is 0.144. The Hall–Kier alpha value is -1.56. The predicted octanol–water partition coefficient (Wildman–Crippen LogP) is -0.736. The molecule has 0 saturated carbocycles. The van der Waals surface area contributed by atoms with Gasteiger partial charge >= 0.3 is 11.8 Å². The molecule has 2 unspecified atom stereocenters. The summed E-state index contributed by atoms with van der Waals surface area (Å²) in [4.78, 5) is 15.4. The molecule has 1 fully saturated rings. The van der Waals surface area contributed by atoms with Crippen LogP contribution in [0.4, 0.5) is 5.82 Å². The Balaban J connectivity index is 1.94. The van der Waals surface area contributed by atoms with Gasteiger partial charge in [-0.1, -0.05) is 0 Å². The third kappa shape index (κ3) is 3.61. The Bertz CT molecular complexity index is 538. The second-order valence-electron chi connectivity index (χ2n) is 4.32. The number of ether oxygens (including phenoxy) is 6. The lowest BCUT2D eigenvalue weighted by Crippen LogP contribution is -2.41. The third-order valence-corrected chi connectivity index (χ3v) is 3.04. The molecule has 2 atom stereocenters. The Kier molecular flexibility index (Phi) is 5.45. The number of nitrogens with zero attached hydrogens (tertiary/aromatic N) is 2. The number of hydrogen-bond acceptors (Lipinski definition) is 9. The van der Waals surface area contributed by atoms with E-state index in [0.29, 0.717) is 0 Å². The van der Waals surface area contributed by atoms with Crippen LogP contribution in [0.25, 0.3) is 0 Å². The molecule has 22 heavy (non-hydrogen) atoms. The molecule has 1 aliphatic heterocycles. The smallest absolute Gasteiger partial charge is 0.383 e. The average Bonchev–Trinajstić information content (AvgIpc) is 2.98. The normalized spacial score (nSPS) is 22.1. The van der Waals surface area contributed by atoms with Crippen LogP contribution < -0.4 is 11.4 Å². The van der Waals surface area contributed by atoms with Crippen molar-refractivity contribution in [3.8, 4) is 0 Å². The number of nitrogens with two attached hydrogens (primary N) is 1. The molecule has 0 aliphatic carbocycles. The summed E-state index contributed by atoms with van der Waals surface area (Å²) in [6.07, 6.45) is -1.47. The van der Waals surface area contributed by atoms with Crippen LogP contribution in [0.15, 0.2) is 17.1 Å². The summed E-state index contributed by atoms with van der Waals surface area (Å²) >= 11 is 0. The third-order valence-electron chi connectivity index (χ3n) is 3.04. The van der Waals surface area contributed by atoms with Crippen molar-refractivity contribution in [2.45, 2.75) is 18.7 Å². The lowest BCUT2D eigenvalue weighted by atomic mass is 10.5. The second-order valence-corrected chi connectivity index (χ2v) is 4.32. The fraction of sp³-hybridized carbons (Fsp3) is 0.667. The maximum Gasteiger partial charge on any atom is 0.412 e.